The van der Waals surface area contributed by atoms with Crippen LogP contribution < -0.4 is 21.7 Å². The van der Waals surface area contributed by atoms with Crippen LogP contribution >= 0.6 is 0 Å². The third kappa shape index (κ3) is 5.67. The van der Waals surface area contributed by atoms with Crippen molar-refractivity contribution < 1.29 is 19.2 Å². The Kier molecular flexibility index (Phi) is 6.27. The summed E-state index contributed by atoms with van der Waals surface area (Å²) in [5.41, 5.74) is 11.5. The van der Waals surface area contributed by atoms with Gasteiger partial charge in [0.1, 0.15) is 0 Å². The lowest BCUT2D eigenvalue weighted by Gasteiger charge is -2.10. The summed E-state index contributed by atoms with van der Waals surface area (Å²) in [5.74, 6) is -2.02. The molecule has 0 fully saturated rings. The van der Waals surface area contributed by atoms with Crippen LogP contribution in [0.15, 0.2) is 42.5 Å². The fourth-order valence-corrected chi connectivity index (χ4v) is 2.23. The van der Waals surface area contributed by atoms with Gasteiger partial charge in [0.05, 0.1) is 0 Å². The van der Waals surface area contributed by atoms with E-state index in [-0.39, 0.29) is 11.1 Å². The first kappa shape index (κ1) is 19.6. The fraction of sp³-hybridized carbons (Fsp3) is 0.158. The average Bonchev–Trinajstić information content (AvgIpc) is 2.63. The first-order valence-corrected chi connectivity index (χ1v) is 8.12. The molecule has 0 bridgehead atoms. The minimum absolute atomic E-state index is 0.187. The fourth-order valence-electron chi connectivity index (χ4n) is 2.23. The maximum atomic E-state index is 12.3. The maximum absolute atomic E-state index is 12.3. The number of amides is 4. The number of hydrazine groups is 2. The molecule has 2 aromatic rings. The molecule has 8 heteroatoms. The lowest BCUT2D eigenvalue weighted by Crippen LogP contribution is -2.42. The van der Waals surface area contributed by atoms with Crippen LogP contribution in [0.1, 0.15) is 49.1 Å². The van der Waals surface area contributed by atoms with Crippen LogP contribution in [0.3, 0.4) is 0 Å². The van der Waals surface area contributed by atoms with Gasteiger partial charge in [-0.2, -0.15) is 0 Å². The van der Waals surface area contributed by atoms with Crippen LogP contribution in [0.2, 0.25) is 0 Å². The van der Waals surface area contributed by atoms with Gasteiger partial charge in [0, 0.05) is 23.6 Å². The Balaban J connectivity index is 2.05. The Bertz CT molecular complexity index is 891. The lowest BCUT2D eigenvalue weighted by atomic mass is 10.1. The van der Waals surface area contributed by atoms with Crippen LogP contribution in [0.25, 0.3) is 0 Å². The maximum Gasteiger partial charge on any atom is 0.269 e. The Hall–Kier alpha value is -3.68. The number of carbonyl (C=O) groups excluding carboxylic acids is 4. The third-order valence-corrected chi connectivity index (χ3v) is 3.56. The topological polar surface area (TPSA) is 116 Å². The lowest BCUT2D eigenvalue weighted by molar-refractivity contribution is -0.119. The summed E-state index contributed by atoms with van der Waals surface area (Å²) >= 11 is 0. The van der Waals surface area contributed by atoms with E-state index in [2.05, 4.69) is 21.7 Å². The third-order valence-electron chi connectivity index (χ3n) is 3.56. The predicted octanol–water partition coefficient (Wildman–Crippen LogP) is 1.16. The minimum Gasteiger partial charge on any atom is -0.274 e. The van der Waals surface area contributed by atoms with E-state index in [1.807, 2.05) is 6.92 Å². The number of benzene rings is 2. The normalized spacial score (nSPS) is 9.89. The highest BCUT2D eigenvalue weighted by Crippen LogP contribution is 2.10. The molecule has 0 saturated carbocycles. The SMILES string of the molecule is CC(=O)NNC(=O)c1cc(C)cc(C(=O)NNC(=O)c2ccc(C)cc2)c1. The van der Waals surface area contributed by atoms with Crippen LogP contribution in [0, 0.1) is 13.8 Å². The van der Waals surface area contributed by atoms with Crippen molar-refractivity contribution in [1.82, 2.24) is 21.7 Å². The van der Waals surface area contributed by atoms with Crippen LogP contribution in [0.4, 0.5) is 0 Å². The Morgan fingerprint density at radius 1 is 0.593 bits per heavy atom. The molecule has 0 heterocycles. The summed E-state index contributed by atoms with van der Waals surface area (Å²) in [4.78, 5) is 47.3. The molecule has 0 radical (unpaired) electrons. The van der Waals surface area contributed by atoms with E-state index in [4.69, 9.17) is 0 Å². The van der Waals surface area contributed by atoms with Crippen LogP contribution in [0.5, 0.6) is 0 Å². The summed E-state index contributed by atoms with van der Waals surface area (Å²) < 4.78 is 0. The molecular weight excluding hydrogens is 348 g/mol. The quantitative estimate of drug-likeness (QED) is 0.608. The van der Waals surface area contributed by atoms with Crippen molar-refractivity contribution in [3.8, 4) is 0 Å². The van der Waals surface area contributed by atoms with E-state index in [1.165, 1.54) is 13.0 Å². The smallest absolute Gasteiger partial charge is 0.269 e. The second kappa shape index (κ2) is 8.61. The minimum atomic E-state index is -0.576. The van der Waals surface area contributed by atoms with E-state index >= 15 is 0 Å². The summed E-state index contributed by atoms with van der Waals surface area (Å²) in [6, 6.07) is 11.4. The van der Waals surface area contributed by atoms with Gasteiger partial charge < -0.3 is 0 Å². The molecule has 8 nitrogen and oxygen atoms in total. The molecule has 0 aliphatic rings. The van der Waals surface area contributed by atoms with Gasteiger partial charge in [-0.1, -0.05) is 17.7 Å². The van der Waals surface area contributed by atoms with E-state index in [1.54, 1.807) is 43.3 Å². The van der Waals surface area contributed by atoms with Gasteiger partial charge >= 0.3 is 0 Å². The highest BCUT2D eigenvalue weighted by atomic mass is 16.2. The Morgan fingerprint density at radius 3 is 1.52 bits per heavy atom. The van der Waals surface area contributed by atoms with Crippen molar-refractivity contribution in [1.29, 1.82) is 0 Å². The van der Waals surface area contributed by atoms with E-state index in [9.17, 15) is 19.2 Å². The molecule has 140 valence electrons. The van der Waals surface area contributed by atoms with Crippen molar-refractivity contribution in [3.63, 3.8) is 0 Å². The molecule has 2 rings (SSSR count). The van der Waals surface area contributed by atoms with Gasteiger partial charge in [-0.25, -0.2) is 0 Å². The highest BCUT2D eigenvalue weighted by Gasteiger charge is 2.13. The molecule has 0 spiro atoms. The Labute approximate surface area is 156 Å². The zero-order chi connectivity index (χ0) is 20.0. The first-order valence-electron chi connectivity index (χ1n) is 8.12. The summed E-state index contributed by atoms with van der Waals surface area (Å²) in [6.45, 7) is 4.88. The molecule has 0 aromatic heterocycles. The zero-order valence-corrected chi connectivity index (χ0v) is 15.2. The number of carbonyl (C=O) groups is 4. The van der Waals surface area contributed by atoms with Gasteiger partial charge in [0.2, 0.25) is 5.91 Å². The molecule has 0 aliphatic heterocycles. The molecule has 0 atom stereocenters. The largest absolute Gasteiger partial charge is 0.274 e. The molecule has 0 saturated heterocycles. The number of aryl methyl sites for hydroxylation is 2. The van der Waals surface area contributed by atoms with Crippen molar-refractivity contribution in [2.75, 3.05) is 0 Å². The molecule has 4 N–H and O–H groups in total. The first-order chi connectivity index (χ1) is 12.8. The van der Waals surface area contributed by atoms with Gasteiger partial charge in [0.25, 0.3) is 17.7 Å². The van der Waals surface area contributed by atoms with Gasteiger partial charge in [-0.05, 0) is 49.7 Å². The van der Waals surface area contributed by atoms with Crippen LogP contribution in [-0.2, 0) is 4.79 Å². The second-order valence-electron chi connectivity index (χ2n) is 6.00. The molecule has 0 unspecified atom stereocenters. The van der Waals surface area contributed by atoms with Crippen molar-refractivity contribution in [3.05, 3.63) is 70.3 Å². The Morgan fingerprint density at radius 2 is 1.04 bits per heavy atom. The summed E-state index contributed by atoms with van der Waals surface area (Å²) in [5, 5.41) is 0. The molecule has 2 aromatic carbocycles. The molecule has 4 amide bonds. The predicted molar refractivity (Wildman–Crippen MR) is 98.6 cm³/mol. The number of rotatable bonds is 3. The number of hydrogen-bond donors (Lipinski definition) is 4. The summed E-state index contributed by atoms with van der Waals surface area (Å²) in [6.07, 6.45) is 0. The average molecular weight is 368 g/mol. The van der Waals surface area contributed by atoms with E-state index in [0.717, 1.165) is 5.56 Å². The standard InChI is InChI=1S/C19H20N4O4/c1-11-4-6-14(7-5-11)17(25)22-23-19(27)16-9-12(2)8-15(10-16)18(26)21-20-13(3)24/h4-10H,1-3H3,(H,20,24)(H,21,26)(H,22,25)(H,23,27). The van der Waals surface area contributed by atoms with Crippen LogP contribution in [-0.4, -0.2) is 23.6 Å². The molecule has 27 heavy (non-hydrogen) atoms. The van der Waals surface area contributed by atoms with E-state index < -0.39 is 23.6 Å². The highest BCUT2D eigenvalue weighted by molar-refractivity contribution is 6.02. The molecular formula is C19H20N4O4. The van der Waals surface area contributed by atoms with Gasteiger partial charge in [0.15, 0.2) is 0 Å². The summed E-state index contributed by atoms with van der Waals surface area (Å²) in [7, 11) is 0. The van der Waals surface area contributed by atoms with Gasteiger partial charge in [-0.3, -0.25) is 40.9 Å². The van der Waals surface area contributed by atoms with Crippen molar-refractivity contribution >= 4 is 23.6 Å². The van der Waals surface area contributed by atoms with E-state index in [0.29, 0.717) is 11.1 Å². The monoisotopic (exact) mass is 368 g/mol. The van der Waals surface area contributed by atoms with Crippen molar-refractivity contribution in [2.45, 2.75) is 20.8 Å². The zero-order valence-electron chi connectivity index (χ0n) is 15.2. The van der Waals surface area contributed by atoms with Crippen molar-refractivity contribution in [2.24, 2.45) is 0 Å². The molecule has 0 aliphatic carbocycles. The number of nitrogens with one attached hydrogen (secondary N) is 4. The number of hydrogen-bond acceptors (Lipinski definition) is 4. The second-order valence-corrected chi connectivity index (χ2v) is 6.00. The van der Waals surface area contributed by atoms with Gasteiger partial charge in [-0.15, -0.1) is 0 Å².